The Hall–Kier alpha value is -1.54. The van der Waals surface area contributed by atoms with Crippen LogP contribution in [0.2, 0.25) is 0 Å². The summed E-state index contributed by atoms with van der Waals surface area (Å²) in [5.74, 6) is -0.457. The Labute approximate surface area is 117 Å². The van der Waals surface area contributed by atoms with E-state index in [1.54, 1.807) is 11.0 Å². The third kappa shape index (κ3) is 3.71. The second-order valence-electron chi connectivity index (χ2n) is 3.87. The van der Waals surface area contributed by atoms with Crippen LogP contribution < -0.4 is 5.32 Å². The molecule has 1 aliphatic heterocycles. The summed E-state index contributed by atoms with van der Waals surface area (Å²) in [5.41, 5.74) is 0. The first kappa shape index (κ1) is 13.9. The molecule has 19 heavy (non-hydrogen) atoms. The van der Waals surface area contributed by atoms with Crippen LogP contribution in [0, 0.1) is 0 Å². The predicted molar refractivity (Wildman–Crippen MR) is 74.0 cm³/mol. The van der Waals surface area contributed by atoms with E-state index in [0.29, 0.717) is 18.1 Å². The monoisotopic (exact) mass is 300 g/mol. The number of hydrogen-bond donors (Lipinski definition) is 2. The Morgan fingerprint density at radius 2 is 2.21 bits per heavy atom. The lowest BCUT2D eigenvalue weighted by atomic mass is 10.3. The molecule has 2 heterocycles. The molecule has 102 valence electrons. The molecule has 0 aliphatic carbocycles. The summed E-state index contributed by atoms with van der Waals surface area (Å²) < 4.78 is 0. The SMILES string of the molecule is O=C(CCN1CCSC1=O)Nc1ccc(C(=O)O)s1. The molecule has 1 aliphatic rings. The molecular weight excluding hydrogens is 288 g/mol. The Bertz CT molecular complexity index is 515. The fraction of sp³-hybridized carbons (Fsp3) is 0.364. The number of amides is 2. The number of nitrogens with zero attached hydrogens (tertiary/aromatic N) is 1. The van der Waals surface area contributed by atoms with Crippen molar-refractivity contribution in [1.82, 2.24) is 4.90 Å². The third-order valence-electron chi connectivity index (χ3n) is 2.53. The van der Waals surface area contributed by atoms with E-state index in [0.717, 1.165) is 17.1 Å². The number of anilines is 1. The molecule has 0 aromatic carbocycles. The van der Waals surface area contributed by atoms with Crippen LogP contribution in [0.25, 0.3) is 0 Å². The zero-order chi connectivity index (χ0) is 13.8. The summed E-state index contributed by atoms with van der Waals surface area (Å²) in [6.45, 7) is 1.08. The van der Waals surface area contributed by atoms with Gasteiger partial charge in [-0.2, -0.15) is 0 Å². The summed E-state index contributed by atoms with van der Waals surface area (Å²) >= 11 is 2.27. The van der Waals surface area contributed by atoms with Gasteiger partial charge in [-0.15, -0.1) is 11.3 Å². The Morgan fingerprint density at radius 1 is 1.42 bits per heavy atom. The first-order valence-electron chi connectivity index (χ1n) is 5.61. The Morgan fingerprint density at radius 3 is 2.79 bits per heavy atom. The largest absolute Gasteiger partial charge is 0.477 e. The van der Waals surface area contributed by atoms with Crippen LogP contribution in [0.1, 0.15) is 16.1 Å². The molecule has 0 unspecified atom stereocenters. The van der Waals surface area contributed by atoms with Crippen molar-refractivity contribution < 1.29 is 19.5 Å². The summed E-state index contributed by atoms with van der Waals surface area (Å²) in [5, 5.41) is 11.9. The number of carboxylic acid groups (broad SMARTS) is 1. The van der Waals surface area contributed by atoms with Gasteiger partial charge in [0.2, 0.25) is 5.91 Å². The molecule has 0 spiro atoms. The lowest BCUT2D eigenvalue weighted by molar-refractivity contribution is -0.116. The molecule has 1 fully saturated rings. The second-order valence-corrected chi connectivity index (χ2v) is 6.00. The normalized spacial score (nSPS) is 14.7. The quantitative estimate of drug-likeness (QED) is 0.868. The second kappa shape index (κ2) is 6.07. The van der Waals surface area contributed by atoms with Crippen molar-refractivity contribution in [2.45, 2.75) is 6.42 Å². The number of carboxylic acids is 1. The number of nitrogens with one attached hydrogen (secondary N) is 1. The van der Waals surface area contributed by atoms with Crippen molar-refractivity contribution in [3.63, 3.8) is 0 Å². The van der Waals surface area contributed by atoms with Gasteiger partial charge in [-0.05, 0) is 12.1 Å². The Balaban J connectivity index is 1.80. The molecular formula is C11H12N2O4S2. The van der Waals surface area contributed by atoms with E-state index < -0.39 is 5.97 Å². The van der Waals surface area contributed by atoms with E-state index in [1.165, 1.54) is 17.8 Å². The standard InChI is InChI=1S/C11H12N2O4S2/c14-8(3-4-13-5-6-18-11(13)17)12-9-2-1-7(19-9)10(15)16/h1-2H,3-6H2,(H,12,14)(H,15,16). The minimum Gasteiger partial charge on any atom is -0.477 e. The highest BCUT2D eigenvalue weighted by Gasteiger charge is 2.21. The van der Waals surface area contributed by atoms with Gasteiger partial charge in [0.1, 0.15) is 4.88 Å². The van der Waals surface area contributed by atoms with Crippen molar-refractivity contribution in [2.75, 3.05) is 24.2 Å². The maximum atomic E-state index is 11.7. The van der Waals surface area contributed by atoms with Crippen LogP contribution in [0.3, 0.4) is 0 Å². The van der Waals surface area contributed by atoms with Crippen LogP contribution >= 0.6 is 23.1 Å². The smallest absolute Gasteiger partial charge is 0.345 e. The van der Waals surface area contributed by atoms with E-state index in [1.807, 2.05) is 0 Å². The molecule has 0 bridgehead atoms. The molecule has 1 aromatic heterocycles. The maximum absolute atomic E-state index is 11.7. The van der Waals surface area contributed by atoms with E-state index in [9.17, 15) is 14.4 Å². The van der Waals surface area contributed by atoms with Gasteiger partial charge in [-0.25, -0.2) is 4.79 Å². The number of aromatic carboxylic acids is 1. The molecule has 2 N–H and O–H groups in total. The van der Waals surface area contributed by atoms with Gasteiger partial charge in [0, 0.05) is 25.3 Å². The predicted octanol–water partition coefficient (Wildman–Crippen LogP) is 1.94. The highest BCUT2D eigenvalue weighted by atomic mass is 32.2. The van der Waals surface area contributed by atoms with Gasteiger partial charge < -0.3 is 15.3 Å². The van der Waals surface area contributed by atoms with E-state index in [2.05, 4.69) is 5.32 Å². The van der Waals surface area contributed by atoms with Crippen LogP contribution in [0.4, 0.5) is 9.80 Å². The van der Waals surface area contributed by atoms with Crippen LogP contribution in [-0.2, 0) is 4.79 Å². The van der Waals surface area contributed by atoms with Crippen molar-refractivity contribution in [3.05, 3.63) is 17.0 Å². The van der Waals surface area contributed by atoms with Gasteiger partial charge in [-0.1, -0.05) is 11.8 Å². The minimum absolute atomic E-state index is 0.0112. The molecule has 1 saturated heterocycles. The number of rotatable bonds is 5. The topological polar surface area (TPSA) is 86.7 Å². The zero-order valence-electron chi connectivity index (χ0n) is 9.92. The van der Waals surface area contributed by atoms with E-state index in [-0.39, 0.29) is 22.4 Å². The number of thiophene rings is 1. The molecule has 6 nitrogen and oxygen atoms in total. The Kier molecular flexibility index (Phi) is 4.43. The average Bonchev–Trinajstić information content (AvgIpc) is 2.96. The summed E-state index contributed by atoms with van der Waals surface area (Å²) in [6, 6.07) is 3.01. The number of thioether (sulfide) groups is 1. The first-order valence-corrected chi connectivity index (χ1v) is 7.41. The van der Waals surface area contributed by atoms with Crippen molar-refractivity contribution in [2.24, 2.45) is 0 Å². The van der Waals surface area contributed by atoms with Crippen molar-refractivity contribution in [3.8, 4) is 0 Å². The third-order valence-corrected chi connectivity index (χ3v) is 4.41. The summed E-state index contributed by atoms with van der Waals surface area (Å²) in [6.07, 6.45) is 0.215. The number of carbonyl (C=O) groups is 3. The zero-order valence-corrected chi connectivity index (χ0v) is 11.6. The van der Waals surface area contributed by atoms with Crippen LogP contribution in [0.15, 0.2) is 12.1 Å². The van der Waals surface area contributed by atoms with Gasteiger partial charge in [0.25, 0.3) is 5.24 Å². The first-order chi connectivity index (χ1) is 9.06. The average molecular weight is 300 g/mol. The van der Waals surface area contributed by atoms with Crippen molar-refractivity contribution >= 4 is 45.2 Å². The summed E-state index contributed by atoms with van der Waals surface area (Å²) in [7, 11) is 0. The minimum atomic E-state index is -1.01. The van der Waals surface area contributed by atoms with E-state index in [4.69, 9.17) is 5.11 Å². The number of carbonyl (C=O) groups excluding carboxylic acids is 2. The van der Waals surface area contributed by atoms with Crippen LogP contribution in [-0.4, -0.2) is 46.0 Å². The van der Waals surface area contributed by atoms with Crippen LogP contribution in [0.5, 0.6) is 0 Å². The van der Waals surface area contributed by atoms with Gasteiger partial charge in [-0.3, -0.25) is 9.59 Å². The molecule has 0 saturated carbocycles. The molecule has 1 aromatic rings. The van der Waals surface area contributed by atoms with Gasteiger partial charge >= 0.3 is 5.97 Å². The lowest BCUT2D eigenvalue weighted by Crippen LogP contribution is -2.27. The number of hydrogen-bond acceptors (Lipinski definition) is 5. The fourth-order valence-corrected chi connectivity index (χ4v) is 3.20. The highest BCUT2D eigenvalue weighted by molar-refractivity contribution is 8.13. The molecule has 2 rings (SSSR count). The van der Waals surface area contributed by atoms with Crippen molar-refractivity contribution in [1.29, 1.82) is 0 Å². The lowest BCUT2D eigenvalue weighted by Gasteiger charge is -2.13. The molecule has 0 atom stereocenters. The highest BCUT2D eigenvalue weighted by Crippen LogP contribution is 2.22. The maximum Gasteiger partial charge on any atom is 0.345 e. The van der Waals surface area contributed by atoms with E-state index >= 15 is 0 Å². The van der Waals surface area contributed by atoms with Gasteiger partial charge in [0.15, 0.2) is 0 Å². The fourth-order valence-electron chi connectivity index (χ4n) is 1.59. The molecule has 0 radical (unpaired) electrons. The van der Waals surface area contributed by atoms with Gasteiger partial charge in [0.05, 0.1) is 5.00 Å². The summed E-state index contributed by atoms with van der Waals surface area (Å²) in [4.78, 5) is 35.5. The molecule has 2 amide bonds. The molecule has 8 heteroatoms.